The normalized spacial score (nSPS) is 15.1. The van der Waals surface area contributed by atoms with E-state index >= 15 is 0 Å². The van der Waals surface area contributed by atoms with Gasteiger partial charge in [-0.3, -0.25) is 4.98 Å². The fraction of sp³-hybridized carbons (Fsp3) is 0.688. The number of nitrogens with zero attached hydrogens (tertiary/aromatic N) is 2. The minimum Gasteiger partial charge on any atom is -0.490 e. The van der Waals surface area contributed by atoms with E-state index in [0.29, 0.717) is 5.92 Å². The standard InChI is InChI=1S/C16H27N3O/c1-13(2)10-18-11-14-6-7-17-12-16(14)20-9-8-19(3)15-4-5-15/h6-7,12-13,15,18H,4-5,8-11H2,1-3H3. The molecule has 0 radical (unpaired) electrons. The van der Waals surface area contributed by atoms with Gasteiger partial charge in [-0.15, -0.1) is 0 Å². The van der Waals surface area contributed by atoms with E-state index in [-0.39, 0.29) is 0 Å². The number of hydrogen-bond acceptors (Lipinski definition) is 4. The van der Waals surface area contributed by atoms with Crippen molar-refractivity contribution in [1.82, 2.24) is 15.2 Å². The second-order valence-corrected chi connectivity index (χ2v) is 6.07. The molecule has 4 heteroatoms. The van der Waals surface area contributed by atoms with Crippen molar-refractivity contribution in [1.29, 1.82) is 0 Å². The molecule has 0 spiro atoms. The maximum atomic E-state index is 5.90. The van der Waals surface area contributed by atoms with Crippen LogP contribution in [-0.2, 0) is 6.54 Å². The number of aromatic nitrogens is 1. The van der Waals surface area contributed by atoms with Gasteiger partial charge in [-0.05, 0) is 38.4 Å². The number of ether oxygens (including phenoxy) is 1. The Morgan fingerprint density at radius 3 is 2.95 bits per heavy atom. The molecule has 1 heterocycles. The Labute approximate surface area is 122 Å². The SMILES string of the molecule is CC(C)CNCc1ccncc1OCCN(C)C1CC1. The summed E-state index contributed by atoms with van der Waals surface area (Å²) >= 11 is 0. The Balaban J connectivity index is 1.77. The van der Waals surface area contributed by atoms with Crippen molar-refractivity contribution in [3.63, 3.8) is 0 Å². The fourth-order valence-corrected chi connectivity index (χ4v) is 2.18. The van der Waals surface area contributed by atoms with Crippen LogP contribution in [0.3, 0.4) is 0 Å². The first kappa shape index (κ1) is 15.3. The smallest absolute Gasteiger partial charge is 0.142 e. The van der Waals surface area contributed by atoms with Gasteiger partial charge in [0.1, 0.15) is 12.4 Å². The molecule has 0 atom stereocenters. The quantitative estimate of drug-likeness (QED) is 0.751. The molecular formula is C16H27N3O. The molecule has 1 N–H and O–H groups in total. The van der Waals surface area contributed by atoms with Crippen molar-refractivity contribution in [2.75, 3.05) is 26.7 Å². The van der Waals surface area contributed by atoms with Crippen LogP contribution >= 0.6 is 0 Å². The summed E-state index contributed by atoms with van der Waals surface area (Å²) in [5, 5.41) is 3.45. The molecule has 1 fully saturated rings. The zero-order valence-electron chi connectivity index (χ0n) is 12.9. The molecular weight excluding hydrogens is 250 g/mol. The van der Waals surface area contributed by atoms with Crippen LogP contribution in [0.1, 0.15) is 32.3 Å². The van der Waals surface area contributed by atoms with Gasteiger partial charge in [0.05, 0.1) is 6.20 Å². The highest BCUT2D eigenvalue weighted by molar-refractivity contribution is 5.29. The van der Waals surface area contributed by atoms with Gasteiger partial charge in [-0.2, -0.15) is 0 Å². The summed E-state index contributed by atoms with van der Waals surface area (Å²) in [6.45, 7) is 8.00. The first-order valence-electron chi connectivity index (χ1n) is 7.63. The van der Waals surface area contributed by atoms with E-state index in [1.807, 2.05) is 18.5 Å². The van der Waals surface area contributed by atoms with Crippen molar-refractivity contribution in [2.24, 2.45) is 5.92 Å². The topological polar surface area (TPSA) is 37.4 Å². The van der Waals surface area contributed by atoms with Crippen LogP contribution in [0.2, 0.25) is 0 Å². The molecule has 1 aliphatic rings. The predicted molar refractivity (Wildman–Crippen MR) is 81.9 cm³/mol. The van der Waals surface area contributed by atoms with Gasteiger partial charge >= 0.3 is 0 Å². The maximum absolute atomic E-state index is 5.90. The highest BCUT2D eigenvalue weighted by Crippen LogP contribution is 2.25. The van der Waals surface area contributed by atoms with Gasteiger partial charge in [0.25, 0.3) is 0 Å². The lowest BCUT2D eigenvalue weighted by atomic mass is 10.2. The van der Waals surface area contributed by atoms with Crippen LogP contribution in [0.4, 0.5) is 0 Å². The maximum Gasteiger partial charge on any atom is 0.142 e. The van der Waals surface area contributed by atoms with E-state index in [2.05, 4.69) is 36.1 Å². The molecule has 0 amide bonds. The van der Waals surface area contributed by atoms with Crippen LogP contribution in [0.25, 0.3) is 0 Å². The molecule has 1 aromatic rings. The van der Waals surface area contributed by atoms with Gasteiger partial charge in [-0.25, -0.2) is 0 Å². The third kappa shape index (κ3) is 5.10. The molecule has 0 bridgehead atoms. The van der Waals surface area contributed by atoms with Crippen LogP contribution < -0.4 is 10.1 Å². The molecule has 0 unspecified atom stereocenters. The first-order chi connectivity index (χ1) is 9.66. The zero-order valence-corrected chi connectivity index (χ0v) is 12.9. The summed E-state index contributed by atoms with van der Waals surface area (Å²) < 4.78 is 5.90. The molecule has 4 nitrogen and oxygen atoms in total. The van der Waals surface area contributed by atoms with Crippen LogP contribution in [0.15, 0.2) is 18.5 Å². The summed E-state index contributed by atoms with van der Waals surface area (Å²) in [5.74, 6) is 1.57. The molecule has 2 rings (SSSR count). The Kier molecular flexibility index (Phi) is 5.80. The molecule has 112 valence electrons. The number of rotatable bonds is 9. The van der Waals surface area contributed by atoms with Gasteiger partial charge in [-0.1, -0.05) is 13.8 Å². The molecule has 1 aliphatic carbocycles. The fourth-order valence-electron chi connectivity index (χ4n) is 2.18. The summed E-state index contributed by atoms with van der Waals surface area (Å²) in [6.07, 6.45) is 6.33. The molecule has 20 heavy (non-hydrogen) atoms. The van der Waals surface area contributed by atoms with Crippen LogP contribution in [0, 0.1) is 5.92 Å². The Morgan fingerprint density at radius 2 is 2.25 bits per heavy atom. The third-order valence-electron chi connectivity index (χ3n) is 3.61. The average molecular weight is 277 g/mol. The largest absolute Gasteiger partial charge is 0.490 e. The lowest BCUT2D eigenvalue weighted by molar-refractivity contribution is 0.229. The van der Waals surface area contributed by atoms with E-state index < -0.39 is 0 Å². The summed E-state index contributed by atoms with van der Waals surface area (Å²) in [5.41, 5.74) is 1.19. The van der Waals surface area contributed by atoms with Crippen molar-refractivity contribution in [3.8, 4) is 5.75 Å². The molecule has 0 saturated heterocycles. The minimum absolute atomic E-state index is 0.661. The minimum atomic E-state index is 0.661. The second-order valence-electron chi connectivity index (χ2n) is 6.07. The Hall–Kier alpha value is -1.13. The van der Waals surface area contributed by atoms with Gasteiger partial charge in [0.2, 0.25) is 0 Å². The summed E-state index contributed by atoms with van der Waals surface area (Å²) in [6, 6.07) is 2.83. The highest BCUT2D eigenvalue weighted by Gasteiger charge is 2.25. The Bertz CT molecular complexity index is 404. The summed E-state index contributed by atoms with van der Waals surface area (Å²) in [7, 11) is 2.18. The van der Waals surface area contributed by atoms with Crippen LogP contribution in [0.5, 0.6) is 5.75 Å². The molecule has 0 aliphatic heterocycles. The van der Waals surface area contributed by atoms with E-state index in [0.717, 1.165) is 38.0 Å². The van der Waals surface area contributed by atoms with Crippen molar-refractivity contribution in [2.45, 2.75) is 39.3 Å². The lowest BCUT2D eigenvalue weighted by Crippen LogP contribution is -2.26. The highest BCUT2D eigenvalue weighted by atomic mass is 16.5. The van der Waals surface area contributed by atoms with E-state index in [9.17, 15) is 0 Å². The van der Waals surface area contributed by atoms with Crippen LogP contribution in [-0.4, -0.2) is 42.7 Å². The first-order valence-corrected chi connectivity index (χ1v) is 7.63. The van der Waals surface area contributed by atoms with Crippen molar-refractivity contribution >= 4 is 0 Å². The zero-order chi connectivity index (χ0) is 14.4. The summed E-state index contributed by atoms with van der Waals surface area (Å²) in [4.78, 5) is 6.55. The van der Waals surface area contributed by atoms with E-state index in [4.69, 9.17) is 4.74 Å². The third-order valence-corrected chi connectivity index (χ3v) is 3.61. The molecule has 1 aromatic heterocycles. The average Bonchev–Trinajstić information content (AvgIpc) is 3.24. The predicted octanol–water partition coefficient (Wildman–Crippen LogP) is 2.30. The Morgan fingerprint density at radius 1 is 1.45 bits per heavy atom. The molecule has 1 saturated carbocycles. The number of nitrogens with one attached hydrogen (secondary N) is 1. The van der Waals surface area contributed by atoms with Gasteiger partial charge in [0, 0.05) is 30.9 Å². The lowest BCUT2D eigenvalue weighted by Gasteiger charge is -2.17. The number of hydrogen-bond donors (Lipinski definition) is 1. The van der Waals surface area contributed by atoms with Gasteiger partial charge in [0.15, 0.2) is 0 Å². The van der Waals surface area contributed by atoms with E-state index in [1.165, 1.54) is 18.4 Å². The number of likely N-dealkylation sites (N-methyl/N-ethyl adjacent to an activating group) is 1. The van der Waals surface area contributed by atoms with Crippen molar-refractivity contribution in [3.05, 3.63) is 24.0 Å². The van der Waals surface area contributed by atoms with Gasteiger partial charge < -0.3 is 15.0 Å². The molecule has 0 aromatic carbocycles. The van der Waals surface area contributed by atoms with E-state index in [1.54, 1.807) is 0 Å². The van der Waals surface area contributed by atoms with Crippen molar-refractivity contribution < 1.29 is 4.74 Å². The second kappa shape index (κ2) is 7.60. The monoisotopic (exact) mass is 277 g/mol. The number of pyridine rings is 1.